The Morgan fingerprint density at radius 2 is 2.30 bits per heavy atom. The van der Waals surface area contributed by atoms with E-state index in [0.29, 0.717) is 30.4 Å². The average molecular weight is 275 g/mol. The Hall–Kier alpha value is -2.22. The predicted molar refractivity (Wildman–Crippen MR) is 73.6 cm³/mol. The van der Waals surface area contributed by atoms with Crippen LogP contribution in [-0.4, -0.2) is 50.2 Å². The first-order valence-electron chi connectivity index (χ1n) is 6.56. The van der Waals surface area contributed by atoms with Gasteiger partial charge in [-0.25, -0.2) is 9.97 Å². The maximum atomic E-state index is 11.5. The SMILES string of the molecule is Cn1ncc2c(N)nc(CN3CCCNC(=O)C3)nc21. The molecule has 106 valence electrons. The fourth-order valence-corrected chi connectivity index (χ4v) is 2.37. The molecule has 0 atom stereocenters. The van der Waals surface area contributed by atoms with Crippen LogP contribution in [0.3, 0.4) is 0 Å². The minimum absolute atomic E-state index is 0.0390. The highest BCUT2D eigenvalue weighted by atomic mass is 16.2. The van der Waals surface area contributed by atoms with Crippen LogP contribution in [0, 0.1) is 0 Å². The Labute approximate surface area is 116 Å². The van der Waals surface area contributed by atoms with Gasteiger partial charge in [-0.15, -0.1) is 0 Å². The van der Waals surface area contributed by atoms with Crippen LogP contribution in [0.15, 0.2) is 6.20 Å². The number of nitrogens with one attached hydrogen (secondary N) is 1. The maximum Gasteiger partial charge on any atom is 0.234 e. The first-order chi connectivity index (χ1) is 9.63. The van der Waals surface area contributed by atoms with Crippen LogP contribution in [0.1, 0.15) is 12.2 Å². The third-order valence-electron chi connectivity index (χ3n) is 3.37. The van der Waals surface area contributed by atoms with Gasteiger partial charge in [-0.2, -0.15) is 5.10 Å². The summed E-state index contributed by atoms with van der Waals surface area (Å²) in [5.74, 6) is 1.09. The van der Waals surface area contributed by atoms with Gasteiger partial charge in [0.05, 0.1) is 24.7 Å². The molecule has 1 saturated heterocycles. The van der Waals surface area contributed by atoms with E-state index in [9.17, 15) is 4.79 Å². The molecular formula is C12H17N7O. The molecule has 3 rings (SSSR count). The number of nitrogens with two attached hydrogens (primary N) is 1. The van der Waals surface area contributed by atoms with Crippen LogP contribution in [-0.2, 0) is 18.4 Å². The van der Waals surface area contributed by atoms with Crippen molar-refractivity contribution < 1.29 is 4.79 Å². The number of aromatic nitrogens is 4. The Balaban J connectivity index is 1.86. The molecule has 3 N–H and O–H groups in total. The van der Waals surface area contributed by atoms with Crippen LogP contribution in [0.4, 0.5) is 5.82 Å². The Kier molecular flexibility index (Phi) is 3.23. The number of hydrogen-bond donors (Lipinski definition) is 2. The summed E-state index contributed by atoms with van der Waals surface area (Å²) < 4.78 is 1.67. The summed E-state index contributed by atoms with van der Waals surface area (Å²) >= 11 is 0. The molecule has 0 unspecified atom stereocenters. The van der Waals surface area contributed by atoms with E-state index in [1.165, 1.54) is 0 Å². The summed E-state index contributed by atoms with van der Waals surface area (Å²) in [4.78, 5) is 22.4. The Bertz CT molecular complexity index is 651. The van der Waals surface area contributed by atoms with Crippen molar-refractivity contribution in [1.82, 2.24) is 30.0 Å². The first-order valence-corrected chi connectivity index (χ1v) is 6.56. The van der Waals surface area contributed by atoms with Crippen LogP contribution < -0.4 is 11.1 Å². The van der Waals surface area contributed by atoms with E-state index in [1.807, 2.05) is 11.9 Å². The highest BCUT2D eigenvalue weighted by Gasteiger charge is 2.17. The van der Waals surface area contributed by atoms with Crippen LogP contribution in [0.5, 0.6) is 0 Å². The standard InChI is InChI=1S/C12H17N7O/c1-18-12-8(5-15-18)11(13)16-9(17-12)6-19-4-2-3-14-10(20)7-19/h5H,2-4,6-7H2,1H3,(H,14,20)(H2,13,16,17). The average Bonchev–Trinajstić information content (AvgIpc) is 2.65. The van der Waals surface area contributed by atoms with E-state index < -0.39 is 0 Å². The number of nitrogens with zero attached hydrogens (tertiary/aromatic N) is 5. The van der Waals surface area contributed by atoms with Gasteiger partial charge in [-0.05, 0) is 6.42 Å². The highest BCUT2D eigenvalue weighted by molar-refractivity contribution is 5.84. The number of hydrogen-bond acceptors (Lipinski definition) is 6. The largest absolute Gasteiger partial charge is 0.383 e. The van der Waals surface area contributed by atoms with E-state index in [2.05, 4.69) is 20.4 Å². The Morgan fingerprint density at radius 1 is 1.45 bits per heavy atom. The van der Waals surface area contributed by atoms with E-state index in [4.69, 9.17) is 5.73 Å². The van der Waals surface area contributed by atoms with E-state index in [0.717, 1.165) is 24.9 Å². The molecule has 1 aliphatic rings. The van der Waals surface area contributed by atoms with Crippen molar-refractivity contribution in [3.05, 3.63) is 12.0 Å². The lowest BCUT2D eigenvalue weighted by Gasteiger charge is -2.17. The number of aryl methyl sites for hydroxylation is 1. The number of carbonyl (C=O) groups excluding carboxylic acids is 1. The highest BCUT2D eigenvalue weighted by Crippen LogP contribution is 2.17. The van der Waals surface area contributed by atoms with Gasteiger partial charge in [-0.3, -0.25) is 14.4 Å². The fourth-order valence-electron chi connectivity index (χ4n) is 2.37. The third-order valence-corrected chi connectivity index (χ3v) is 3.37. The van der Waals surface area contributed by atoms with Gasteiger partial charge in [0.2, 0.25) is 5.91 Å². The number of amides is 1. The van der Waals surface area contributed by atoms with Crippen molar-refractivity contribution in [3.8, 4) is 0 Å². The zero-order valence-corrected chi connectivity index (χ0v) is 11.3. The maximum absolute atomic E-state index is 11.5. The lowest BCUT2D eigenvalue weighted by molar-refractivity contribution is -0.121. The number of carbonyl (C=O) groups is 1. The molecule has 1 fully saturated rings. The van der Waals surface area contributed by atoms with Gasteiger partial charge in [0.1, 0.15) is 11.6 Å². The molecule has 0 aliphatic carbocycles. The first kappa shape index (κ1) is 12.8. The van der Waals surface area contributed by atoms with E-state index >= 15 is 0 Å². The zero-order chi connectivity index (χ0) is 14.1. The molecule has 8 heteroatoms. The topological polar surface area (TPSA) is 102 Å². The molecule has 0 bridgehead atoms. The molecule has 20 heavy (non-hydrogen) atoms. The van der Waals surface area contributed by atoms with Gasteiger partial charge in [0.15, 0.2) is 5.65 Å². The van der Waals surface area contributed by atoms with Crippen molar-refractivity contribution in [3.63, 3.8) is 0 Å². The van der Waals surface area contributed by atoms with Crippen LogP contribution >= 0.6 is 0 Å². The molecule has 1 aliphatic heterocycles. The van der Waals surface area contributed by atoms with Crippen LogP contribution in [0.25, 0.3) is 11.0 Å². The summed E-state index contributed by atoms with van der Waals surface area (Å²) in [5, 5.41) is 7.73. The molecule has 3 heterocycles. The number of rotatable bonds is 2. The molecule has 2 aromatic rings. The summed E-state index contributed by atoms with van der Waals surface area (Å²) in [6.07, 6.45) is 2.59. The van der Waals surface area contributed by atoms with Crippen molar-refractivity contribution in [2.24, 2.45) is 7.05 Å². The minimum atomic E-state index is 0.0390. The second kappa shape index (κ2) is 5.04. The van der Waals surface area contributed by atoms with Crippen molar-refractivity contribution in [2.45, 2.75) is 13.0 Å². The molecule has 2 aromatic heterocycles. The summed E-state index contributed by atoms with van der Waals surface area (Å²) in [7, 11) is 1.82. The lowest BCUT2D eigenvalue weighted by Crippen LogP contribution is -2.33. The van der Waals surface area contributed by atoms with Gasteiger partial charge in [0.25, 0.3) is 0 Å². The fraction of sp³-hybridized carbons (Fsp3) is 0.500. The number of fused-ring (bicyclic) bond motifs is 1. The zero-order valence-electron chi connectivity index (χ0n) is 11.3. The summed E-state index contributed by atoms with van der Waals surface area (Å²) in [5.41, 5.74) is 6.65. The quantitative estimate of drug-likeness (QED) is 0.749. The lowest BCUT2D eigenvalue weighted by atomic mass is 10.3. The predicted octanol–water partition coefficient (Wildman–Crippen LogP) is -0.733. The van der Waals surface area contributed by atoms with Crippen molar-refractivity contribution in [1.29, 1.82) is 0 Å². The van der Waals surface area contributed by atoms with Gasteiger partial charge in [0, 0.05) is 20.1 Å². The molecular weight excluding hydrogens is 258 g/mol. The molecule has 0 spiro atoms. The summed E-state index contributed by atoms with van der Waals surface area (Å²) in [6, 6.07) is 0. The summed E-state index contributed by atoms with van der Waals surface area (Å²) in [6.45, 7) is 2.44. The van der Waals surface area contributed by atoms with E-state index in [1.54, 1.807) is 10.9 Å². The number of anilines is 1. The normalized spacial score (nSPS) is 17.1. The van der Waals surface area contributed by atoms with Gasteiger partial charge < -0.3 is 11.1 Å². The smallest absolute Gasteiger partial charge is 0.234 e. The molecule has 0 aromatic carbocycles. The third kappa shape index (κ3) is 2.42. The molecule has 1 amide bonds. The molecule has 8 nitrogen and oxygen atoms in total. The van der Waals surface area contributed by atoms with Crippen LogP contribution in [0.2, 0.25) is 0 Å². The van der Waals surface area contributed by atoms with Crippen molar-refractivity contribution >= 4 is 22.8 Å². The minimum Gasteiger partial charge on any atom is -0.383 e. The molecule has 0 saturated carbocycles. The number of nitrogen functional groups attached to an aromatic ring is 1. The van der Waals surface area contributed by atoms with Gasteiger partial charge in [-0.1, -0.05) is 0 Å². The van der Waals surface area contributed by atoms with E-state index in [-0.39, 0.29) is 5.91 Å². The second-order valence-electron chi connectivity index (χ2n) is 4.94. The second-order valence-corrected chi connectivity index (χ2v) is 4.94. The molecule has 0 radical (unpaired) electrons. The monoisotopic (exact) mass is 275 g/mol. The van der Waals surface area contributed by atoms with Gasteiger partial charge >= 0.3 is 0 Å². The Morgan fingerprint density at radius 3 is 3.15 bits per heavy atom. The van der Waals surface area contributed by atoms with Crippen molar-refractivity contribution in [2.75, 3.05) is 25.4 Å².